The second-order valence-electron chi connectivity index (χ2n) is 5.31. The Morgan fingerprint density at radius 3 is 2.73 bits per heavy atom. The molecule has 0 N–H and O–H groups in total. The number of halogens is 1. The third-order valence-corrected chi connectivity index (χ3v) is 4.64. The van der Waals surface area contributed by atoms with Gasteiger partial charge in [-0.25, -0.2) is 9.37 Å². The van der Waals surface area contributed by atoms with Gasteiger partial charge in [-0.2, -0.15) is 11.8 Å². The lowest BCUT2D eigenvalue weighted by Gasteiger charge is -2.29. The molecule has 0 saturated carbocycles. The lowest BCUT2D eigenvalue weighted by Crippen LogP contribution is -2.38. The number of nitrogens with zero attached hydrogens (tertiary/aromatic N) is 3. The van der Waals surface area contributed by atoms with Crippen molar-refractivity contribution >= 4 is 17.7 Å². The summed E-state index contributed by atoms with van der Waals surface area (Å²) in [5, 5.41) is 0. The fraction of sp³-hybridized carbons (Fsp3) is 0.375. The average Bonchev–Trinajstić information content (AvgIpc) is 2.52. The van der Waals surface area contributed by atoms with Crippen molar-refractivity contribution in [1.82, 2.24) is 9.55 Å². The van der Waals surface area contributed by atoms with Crippen LogP contribution in [0.5, 0.6) is 0 Å². The van der Waals surface area contributed by atoms with Gasteiger partial charge in [-0.15, -0.1) is 0 Å². The van der Waals surface area contributed by atoms with E-state index in [-0.39, 0.29) is 17.9 Å². The van der Waals surface area contributed by atoms with E-state index in [4.69, 9.17) is 0 Å². The van der Waals surface area contributed by atoms with E-state index in [1.54, 1.807) is 22.8 Å². The number of rotatable bonds is 3. The summed E-state index contributed by atoms with van der Waals surface area (Å²) in [6.45, 7) is 3.74. The van der Waals surface area contributed by atoms with E-state index in [1.165, 1.54) is 12.1 Å². The Hall–Kier alpha value is -1.82. The van der Waals surface area contributed by atoms with Crippen molar-refractivity contribution in [2.24, 2.45) is 0 Å². The molecule has 1 aromatic carbocycles. The summed E-state index contributed by atoms with van der Waals surface area (Å²) >= 11 is 1.90. The molecule has 1 aliphatic rings. The fourth-order valence-electron chi connectivity index (χ4n) is 2.56. The van der Waals surface area contributed by atoms with Crippen LogP contribution < -0.4 is 10.5 Å². The molecule has 0 amide bonds. The van der Waals surface area contributed by atoms with Gasteiger partial charge in [0.05, 0.1) is 6.54 Å². The summed E-state index contributed by atoms with van der Waals surface area (Å²) in [6, 6.07) is 8.06. The molecule has 116 valence electrons. The molecule has 0 bridgehead atoms. The van der Waals surface area contributed by atoms with E-state index < -0.39 is 0 Å². The zero-order valence-electron chi connectivity index (χ0n) is 12.5. The smallest absolute Gasteiger partial charge is 0.255 e. The second-order valence-corrected chi connectivity index (χ2v) is 6.54. The molecule has 1 fully saturated rings. The van der Waals surface area contributed by atoms with E-state index >= 15 is 0 Å². The molecule has 2 heterocycles. The van der Waals surface area contributed by atoms with E-state index in [9.17, 15) is 9.18 Å². The molecular weight excluding hydrogens is 301 g/mol. The van der Waals surface area contributed by atoms with Crippen LogP contribution in [-0.2, 0) is 6.54 Å². The molecule has 1 saturated heterocycles. The summed E-state index contributed by atoms with van der Waals surface area (Å²) in [5.74, 6) is 2.39. The third-order valence-electron chi connectivity index (χ3n) is 3.70. The monoisotopic (exact) mass is 319 g/mol. The molecule has 0 aliphatic carbocycles. The molecule has 3 rings (SSSR count). The molecule has 0 unspecified atom stereocenters. The van der Waals surface area contributed by atoms with Crippen LogP contribution in [0.3, 0.4) is 0 Å². The quantitative estimate of drug-likeness (QED) is 0.870. The second kappa shape index (κ2) is 6.52. The first kappa shape index (κ1) is 15.1. The van der Waals surface area contributed by atoms with E-state index in [0.29, 0.717) is 17.2 Å². The minimum Gasteiger partial charge on any atom is -0.340 e. The molecule has 2 aromatic rings. The standard InChI is InChI=1S/C16H18FN3OS/c1-12-10-15(21)20(11-13-4-2-3-5-14(13)17)16(18-12)19-6-8-22-9-7-19/h2-5,10H,6-9,11H2,1H3. The normalized spacial score (nSPS) is 15.1. The molecule has 0 radical (unpaired) electrons. The van der Waals surface area contributed by atoms with Crippen molar-refractivity contribution in [3.05, 3.63) is 57.8 Å². The van der Waals surface area contributed by atoms with Gasteiger partial charge in [-0.3, -0.25) is 9.36 Å². The Labute approximate surface area is 133 Å². The minimum atomic E-state index is -0.296. The number of benzene rings is 1. The molecule has 1 aromatic heterocycles. The van der Waals surface area contributed by atoms with Gasteiger partial charge >= 0.3 is 0 Å². The molecular formula is C16H18FN3OS. The Morgan fingerprint density at radius 2 is 2.00 bits per heavy atom. The van der Waals surface area contributed by atoms with Crippen LogP contribution in [0.4, 0.5) is 10.3 Å². The van der Waals surface area contributed by atoms with Gasteiger partial charge < -0.3 is 4.90 Å². The van der Waals surface area contributed by atoms with Crippen LogP contribution in [-0.4, -0.2) is 34.1 Å². The van der Waals surface area contributed by atoms with E-state index in [0.717, 1.165) is 24.6 Å². The highest BCUT2D eigenvalue weighted by Crippen LogP contribution is 2.18. The van der Waals surface area contributed by atoms with Crippen LogP contribution in [0.15, 0.2) is 35.1 Å². The largest absolute Gasteiger partial charge is 0.340 e. The first-order valence-corrected chi connectivity index (χ1v) is 8.45. The van der Waals surface area contributed by atoms with Crippen LogP contribution in [0.25, 0.3) is 0 Å². The number of thioether (sulfide) groups is 1. The summed E-state index contributed by atoms with van der Waals surface area (Å²) < 4.78 is 15.5. The van der Waals surface area contributed by atoms with Crippen LogP contribution >= 0.6 is 11.8 Å². The van der Waals surface area contributed by atoms with Gasteiger partial charge in [0.2, 0.25) is 5.95 Å². The molecule has 22 heavy (non-hydrogen) atoms. The van der Waals surface area contributed by atoms with Gasteiger partial charge in [-0.1, -0.05) is 18.2 Å². The summed E-state index contributed by atoms with van der Waals surface area (Å²) in [5.41, 5.74) is 1.06. The fourth-order valence-corrected chi connectivity index (χ4v) is 3.46. The van der Waals surface area contributed by atoms with Crippen LogP contribution in [0, 0.1) is 12.7 Å². The Morgan fingerprint density at radius 1 is 1.27 bits per heavy atom. The summed E-state index contributed by atoms with van der Waals surface area (Å²) in [6.07, 6.45) is 0. The number of hydrogen-bond acceptors (Lipinski definition) is 4. The highest BCUT2D eigenvalue weighted by Gasteiger charge is 2.18. The zero-order chi connectivity index (χ0) is 15.5. The lowest BCUT2D eigenvalue weighted by atomic mass is 10.2. The maximum Gasteiger partial charge on any atom is 0.255 e. The third kappa shape index (κ3) is 3.16. The van der Waals surface area contributed by atoms with Crippen molar-refractivity contribution in [1.29, 1.82) is 0 Å². The van der Waals surface area contributed by atoms with E-state index in [2.05, 4.69) is 9.88 Å². The van der Waals surface area contributed by atoms with Crippen molar-refractivity contribution in [2.75, 3.05) is 29.5 Å². The topological polar surface area (TPSA) is 38.1 Å². The van der Waals surface area contributed by atoms with Crippen LogP contribution in [0.2, 0.25) is 0 Å². The number of aromatic nitrogens is 2. The molecule has 1 aliphatic heterocycles. The van der Waals surface area contributed by atoms with Gasteiger partial charge in [-0.05, 0) is 13.0 Å². The van der Waals surface area contributed by atoms with Crippen molar-refractivity contribution < 1.29 is 4.39 Å². The van der Waals surface area contributed by atoms with Crippen molar-refractivity contribution in [3.8, 4) is 0 Å². The first-order valence-electron chi connectivity index (χ1n) is 7.30. The van der Waals surface area contributed by atoms with Gasteiger partial charge in [0.25, 0.3) is 5.56 Å². The maximum atomic E-state index is 13.9. The lowest BCUT2D eigenvalue weighted by molar-refractivity contribution is 0.590. The van der Waals surface area contributed by atoms with Crippen molar-refractivity contribution in [3.63, 3.8) is 0 Å². The van der Waals surface area contributed by atoms with Gasteiger partial charge in [0.15, 0.2) is 0 Å². The highest BCUT2D eigenvalue weighted by atomic mass is 32.2. The number of aryl methyl sites for hydroxylation is 1. The first-order chi connectivity index (χ1) is 10.6. The number of hydrogen-bond donors (Lipinski definition) is 0. The maximum absolute atomic E-state index is 13.9. The minimum absolute atomic E-state index is 0.135. The predicted molar refractivity (Wildman–Crippen MR) is 88.3 cm³/mol. The molecule has 0 atom stereocenters. The van der Waals surface area contributed by atoms with E-state index in [1.807, 2.05) is 18.7 Å². The van der Waals surface area contributed by atoms with Gasteiger partial charge in [0.1, 0.15) is 5.82 Å². The van der Waals surface area contributed by atoms with Gasteiger partial charge in [0, 0.05) is 41.9 Å². The van der Waals surface area contributed by atoms with Crippen LogP contribution in [0.1, 0.15) is 11.3 Å². The zero-order valence-corrected chi connectivity index (χ0v) is 13.3. The average molecular weight is 319 g/mol. The molecule has 6 heteroatoms. The Kier molecular flexibility index (Phi) is 4.47. The summed E-state index contributed by atoms with van der Waals surface area (Å²) in [7, 11) is 0. The SMILES string of the molecule is Cc1cc(=O)n(Cc2ccccc2F)c(N2CCSCC2)n1. The number of anilines is 1. The Balaban J connectivity index is 2.02. The molecule has 4 nitrogen and oxygen atoms in total. The van der Waals surface area contributed by atoms with Crippen molar-refractivity contribution in [2.45, 2.75) is 13.5 Å². The predicted octanol–water partition coefficient (Wildman–Crippen LogP) is 2.29. The summed E-state index contributed by atoms with van der Waals surface area (Å²) in [4.78, 5) is 19.0. The highest BCUT2D eigenvalue weighted by molar-refractivity contribution is 7.99. The molecule has 0 spiro atoms. The Bertz CT molecular complexity index is 726.